The van der Waals surface area contributed by atoms with Crippen LogP contribution in [0.4, 0.5) is 5.95 Å². The molecule has 1 aromatic rings. The molecule has 14 heavy (non-hydrogen) atoms. The fraction of sp³-hybridized carbons (Fsp3) is 0.667. The number of hydrogen-bond acceptors (Lipinski definition) is 3. The highest BCUT2D eigenvalue weighted by atomic mass is 127. The highest BCUT2D eigenvalue weighted by molar-refractivity contribution is 14.1. The Bertz CT molecular complexity index is 300. The van der Waals surface area contributed by atoms with Crippen molar-refractivity contribution in [2.45, 2.75) is 19.9 Å². The van der Waals surface area contributed by atoms with Crippen molar-refractivity contribution in [3.63, 3.8) is 0 Å². The number of aromatic nitrogens is 2. The molecule has 2 N–H and O–H groups in total. The maximum atomic E-state index is 8.99. The van der Waals surface area contributed by atoms with E-state index in [1.807, 2.05) is 31.7 Å². The van der Waals surface area contributed by atoms with Crippen molar-refractivity contribution in [3.05, 3.63) is 9.90 Å². The molecule has 4 nitrogen and oxygen atoms in total. The summed E-state index contributed by atoms with van der Waals surface area (Å²) < 4.78 is 3.08. The van der Waals surface area contributed by atoms with Gasteiger partial charge in [0.15, 0.2) is 0 Å². The molecule has 0 radical (unpaired) electrons. The van der Waals surface area contributed by atoms with E-state index in [1.165, 1.54) is 0 Å². The zero-order valence-electron chi connectivity index (χ0n) is 8.66. The van der Waals surface area contributed by atoms with E-state index in [-0.39, 0.29) is 18.6 Å². The monoisotopic (exact) mass is 309 g/mol. The summed E-state index contributed by atoms with van der Waals surface area (Å²) in [4.78, 5) is 4.23. The van der Waals surface area contributed by atoms with Gasteiger partial charge in [-0.3, -0.25) is 0 Å². The maximum Gasteiger partial charge on any atom is 0.203 e. The molecule has 0 aromatic carbocycles. The topological polar surface area (TPSA) is 50.1 Å². The number of aliphatic hydroxyl groups is 1. The molecule has 0 fully saturated rings. The van der Waals surface area contributed by atoms with Gasteiger partial charge in [-0.15, -0.1) is 0 Å². The minimum Gasteiger partial charge on any atom is -0.396 e. The molecule has 80 valence electrons. The van der Waals surface area contributed by atoms with Crippen LogP contribution in [0, 0.1) is 9.62 Å². The molecule has 1 heterocycles. The third kappa shape index (κ3) is 2.60. The molecule has 0 aliphatic heterocycles. The van der Waals surface area contributed by atoms with Crippen LogP contribution in [0.5, 0.6) is 0 Å². The highest BCUT2D eigenvalue weighted by Gasteiger charge is 2.13. The number of halogens is 1. The zero-order valence-corrected chi connectivity index (χ0v) is 10.8. The lowest BCUT2D eigenvalue weighted by Gasteiger charge is -2.19. The fourth-order valence-corrected chi connectivity index (χ4v) is 1.39. The minimum atomic E-state index is 0.190. The van der Waals surface area contributed by atoms with Crippen molar-refractivity contribution in [1.29, 1.82) is 0 Å². The second kappa shape index (κ2) is 4.97. The van der Waals surface area contributed by atoms with Crippen LogP contribution < -0.4 is 5.32 Å². The molecule has 0 amide bonds. The summed E-state index contributed by atoms with van der Waals surface area (Å²) in [6, 6.07) is 0.219. The standard InChI is InChI=1S/C9H16IN3O/c1-6(5-14)7(2)12-9-11-4-8(10)13(9)3/h4,6-7,14H,5H2,1-3H3,(H,11,12). The van der Waals surface area contributed by atoms with E-state index < -0.39 is 0 Å². The van der Waals surface area contributed by atoms with E-state index in [1.54, 1.807) is 0 Å². The molecule has 0 saturated carbocycles. The Kier molecular flexibility index (Phi) is 4.18. The van der Waals surface area contributed by atoms with Crippen LogP contribution in [0.2, 0.25) is 0 Å². The largest absolute Gasteiger partial charge is 0.396 e. The SMILES string of the molecule is CC(CO)C(C)Nc1ncc(I)n1C. The lowest BCUT2D eigenvalue weighted by atomic mass is 10.1. The first-order valence-electron chi connectivity index (χ1n) is 4.61. The van der Waals surface area contributed by atoms with Gasteiger partial charge in [0, 0.05) is 19.7 Å². The Balaban J connectivity index is 2.64. The van der Waals surface area contributed by atoms with Gasteiger partial charge in [0.25, 0.3) is 0 Å². The zero-order chi connectivity index (χ0) is 10.7. The van der Waals surface area contributed by atoms with Crippen molar-refractivity contribution < 1.29 is 5.11 Å². The Morgan fingerprint density at radius 1 is 1.64 bits per heavy atom. The lowest BCUT2D eigenvalue weighted by molar-refractivity contribution is 0.226. The van der Waals surface area contributed by atoms with Gasteiger partial charge in [-0.05, 0) is 35.4 Å². The number of hydrogen-bond donors (Lipinski definition) is 2. The summed E-state index contributed by atoms with van der Waals surface area (Å²) in [6.45, 7) is 4.24. The molecule has 2 unspecified atom stereocenters. The smallest absolute Gasteiger partial charge is 0.203 e. The van der Waals surface area contributed by atoms with Gasteiger partial charge in [0.2, 0.25) is 5.95 Å². The van der Waals surface area contributed by atoms with Gasteiger partial charge < -0.3 is 15.0 Å². The van der Waals surface area contributed by atoms with Crippen LogP contribution in [0.25, 0.3) is 0 Å². The van der Waals surface area contributed by atoms with Crippen molar-refractivity contribution in [1.82, 2.24) is 9.55 Å². The molecule has 0 aliphatic carbocycles. The van der Waals surface area contributed by atoms with Crippen LogP contribution in [-0.2, 0) is 7.05 Å². The van der Waals surface area contributed by atoms with Gasteiger partial charge in [-0.25, -0.2) is 4.98 Å². The van der Waals surface area contributed by atoms with Crippen molar-refractivity contribution in [2.75, 3.05) is 11.9 Å². The molecule has 1 aromatic heterocycles. The Labute approximate surface area is 97.9 Å². The number of nitrogens with one attached hydrogen (secondary N) is 1. The van der Waals surface area contributed by atoms with E-state index >= 15 is 0 Å². The van der Waals surface area contributed by atoms with Crippen molar-refractivity contribution in [3.8, 4) is 0 Å². The second-order valence-electron chi connectivity index (χ2n) is 3.56. The van der Waals surface area contributed by atoms with Gasteiger partial charge in [-0.1, -0.05) is 6.92 Å². The maximum absolute atomic E-state index is 8.99. The Morgan fingerprint density at radius 3 is 2.71 bits per heavy atom. The van der Waals surface area contributed by atoms with E-state index in [0.29, 0.717) is 0 Å². The summed E-state index contributed by atoms with van der Waals surface area (Å²) in [6.07, 6.45) is 1.82. The third-order valence-corrected chi connectivity index (χ3v) is 3.43. The van der Waals surface area contributed by atoms with E-state index in [2.05, 4.69) is 32.9 Å². The van der Waals surface area contributed by atoms with E-state index in [9.17, 15) is 0 Å². The molecule has 0 bridgehead atoms. The Hall–Kier alpha value is -0.300. The molecule has 1 rings (SSSR count). The quantitative estimate of drug-likeness (QED) is 0.828. The summed E-state index contributed by atoms with van der Waals surface area (Å²) in [5.74, 6) is 1.08. The molecule has 0 aliphatic rings. The lowest BCUT2D eigenvalue weighted by Crippen LogP contribution is -2.27. The summed E-state index contributed by atoms with van der Waals surface area (Å²) in [5, 5.41) is 12.3. The molecular weight excluding hydrogens is 293 g/mol. The minimum absolute atomic E-state index is 0.190. The number of anilines is 1. The predicted molar refractivity (Wildman–Crippen MR) is 65.3 cm³/mol. The molecular formula is C9H16IN3O. The van der Waals surface area contributed by atoms with Gasteiger partial charge in [0.05, 0.1) is 6.20 Å². The molecule has 5 heteroatoms. The first-order valence-corrected chi connectivity index (χ1v) is 5.68. The van der Waals surface area contributed by atoms with Crippen LogP contribution >= 0.6 is 22.6 Å². The number of imidazole rings is 1. The van der Waals surface area contributed by atoms with Crippen molar-refractivity contribution in [2.24, 2.45) is 13.0 Å². The van der Waals surface area contributed by atoms with Gasteiger partial charge in [-0.2, -0.15) is 0 Å². The van der Waals surface area contributed by atoms with E-state index in [0.717, 1.165) is 9.65 Å². The third-order valence-electron chi connectivity index (χ3n) is 2.43. The number of aliphatic hydroxyl groups excluding tert-OH is 1. The van der Waals surface area contributed by atoms with Crippen molar-refractivity contribution >= 4 is 28.5 Å². The molecule has 2 atom stereocenters. The molecule has 0 saturated heterocycles. The van der Waals surface area contributed by atoms with Gasteiger partial charge in [0.1, 0.15) is 3.70 Å². The predicted octanol–water partition coefficient (Wildman–Crippen LogP) is 1.45. The number of rotatable bonds is 4. The highest BCUT2D eigenvalue weighted by Crippen LogP contribution is 2.13. The average molecular weight is 309 g/mol. The second-order valence-corrected chi connectivity index (χ2v) is 4.66. The first-order chi connectivity index (χ1) is 6.56. The van der Waals surface area contributed by atoms with Crippen LogP contribution in [0.3, 0.4) is 0 Å². The Morgan fingerprint density at radius 2 is 2.29 bits per heavy atom. The van der Waals surface area contributed by atoms with Gasteiger partial charge >= 0.3 is 0 Å². The number of nitrogens with zero attached hydrogens (tertiary/aromatic N) is 2. The summed E-state index contributed by atoms with van der Waals surface area (Å²) >= 11 is 2.23. The normalized spacial score (nSPS) is 15.2. The van der Waals surface area contributed by atoms with Crippen LogP contribution in [0.1, 0.15) is 13.8 Å². The summed E-state index contributed by atoms with van der Waals surface area (Å²) in [5.41, 5.74) is 0. The molecule has 0 spiro atoms. The van der Waals surface area contributed by atoms with Crippen LogP contribution in [0.15, 0.2) is 6.20 Å². The van der Waals surface area contributed by atoms with E-state index in [4.69, 9.17) is 5.11 Å². The summed E-state index contributed by atoms with van der Waals surface area (Å²) in [7, 11) is 1.97. The first kappa shape index (κ1) is 11.8. The average Bonchev–Trinajstić information content (AvgIpc) is 2.48. The van der Waals surface area contributed by atoms with Crippen LogP contribution in [-0.4, -0.2) is 27.3 Å². The fourth-order valence-electron chi connectivity index (χ4n) is 1.03.